The van der Waals surface area contributed by atoms with Crippen molar-refractivity contribution in [2.45, 2.75) is 0 Å². The fraction of sp³-hybridized carbons (Fsp3) is 0. The summed E-state index contributed by atoms with van der Waals surface area (Å²) in [4.78, 5) is 34.1. The first-order chi connectivity index (χ1) is 24.7. The first-order valence-electron chi connectivity index (χ1n) is 16.4. The van der Waals surface area contributed by atoms with Gasteiger partial charge in [-0.25, -0.2) is 19.9 Å². The van der Waals surface area contributed by atoms with Gasteiger partial charge in [0.25, 0.3) is 5.56 Å². The predicted molar refractivity (Wildman–Crippen MR) is 199 cm³/mol. The van der Waals surface area contributed by atoms with Gasteiger partial charge in [-0.05, 0) is 53.4 Å². The minimum absolute atomic E-state index is 0.115. The molecule has 0 saturated heterocycles. The number of rotatable bonds is 4. The molecular formula is C43H25N5O2. The molecule has 0 bridgehead atoms. The van der Waals surface area contributed by atoms with Crippen molar-refractivity contribution >= 4 is 49.3 Å². The molecule has 0 aliphatic heterocycles. The SMILES string of the molecule is O=c1c2ccccc2nc2c3ccccc3cc(-c3ccc4oc5cccc(-c6nc(-c7ccccc7)nc(-c7ccccc7)n6)c5c4c3)n12. The van der Waals surface area contributed by atoms with E-state index in [2.05, 4.69) is 18.2 Å². The molecule has 10 rings (SSSR count). The second-order valence-corrected chi connectivity index (χ2v) is 12.2. The minimum atomic E-state index is -0.115. The highest BCUT2D eigenvalue weighted by atomic mass is 16.3. The molecule has 50 heavy (non-hydrogen) atoms. The summed E-state index contributed by atoms with van der Waals surface area (Å²) in [5, 5.41) is 4.25. The van der Waals surface area contributed by atoms with Gasteiger partial charge in [-0.3, -0.25) is 9.20 Å². The van der Waals surface area contributed by atoms with Crippen molar-refractivity contribution in [3.8, 4) is 45.4 Å². The van der Waals surface area contributed by atoms with E-state index in [-0.39, 0.29) is 5.56 Å². The summed E-state index contributed by atoms with van der Waals surface area (Å²) < 4.78 is 8.16. The minimum Gasteiger partial charge on any atom is -0.456 e. The maximum atomic E-state index is 14.2. The van der Waals surface area contributed by atoms with Crippen molar-refractivity contribution in [3.05, 3.63) is 162 Å². The van der Waals surface area contributed by atoms with Crippen LogP contribution in [0, 0.1) is 0 Å². The summed E-state index contributed by atoms with van der Waals surface area (Å²) in [6.07, 6.45) is 0. The molecule has 7 heteroatoms. The van der Waals surface area contributed by atoms with Crippen LogP contribution in [0.25, 0.3) is 94.7 Å². The van der Waals surface area contributed by atoms with Crippen molar-refractivity contribution in [1.82, 2.24) is 24.3 Å². The van der Waals surface area contributed by atoms with Crippen molar-refractivity contribution in [1.29, 1.82) is 0 Å². The van der Waals surface area contributed by atoms with Gasteiger partial charge in [0.05, 0.1) is 16.6 Å². The van der Waals surface area contributed by atoms with Gasteiger partial charge in [0.2, 0.25) is 0 Å². The zero-order chi connectivity index (χ0) is 33.2. The number of para-hydroxylation sites is 1. The maximum absolute atomic E-state index is 14.2. The lowest BCUT2D eigenvalue weighted by Gasteiger charge is -2.13. The standard InChI is InChI=1S/C43H25N5O2/c49-43-31-18-9-10-20-34(31)44-42-30-17-8-7-16-28(30)25-35(48(42)43)29-22-23-36-33(24-29)38-32(19-11-21-37(38)50-36)41-46-39(26-12-3-1-4-13-26)45-40(47-41)27-14-5-2-6-15-27/h1-25H. The molecule has 0 spiro atoms. The van der Waals surface area contributed by atoms with Crippen LogP contribution in [-0.4, -0.2) is 24.3 Å². The highest BCUT2D eigenvalue weighted by Gasteiger charge is 2.20. The Kier molecular flexibility index (Phi) is 6.19. The summed E-state index contributed by atoms with van der Waals surface area (Å²) in [6, 6.07) is 49.5. The molecule has 0 fully saturated rings. The molecule has 0 atom stereocenters. The molecule has 0 aliphatic carbocycles. The third-order valence-electron chi connectivity index (χ3n) is 9.24. The van der Waals surface area contributed by atoms with Gasteiger partial charge >= 0.3 is 0 Å². The van der Waals surface area contributed by atoms with Crippen LogP contribution in [0.15, 0.2) is 161 Å². The molecule has 10 aromatic rings. The molecule has 6 aromatic carbocycles. The molecule has 0 saturated carbocycles. The maximum Gasteiger partial charge on any atom is 0.266 e. The van der Waals surface area contributed by atoms with E-state index in [1.807, 2.05) is 133 Å². The Morgan fingerprint density at radius 1 is 0.480 bits per heavy atom. The van der Waals surface area contributed by atoms with E-state index in [1.165, 1.54) is 0 Å². The summed E-state index contributed by atoms with van der Waals surface area (Å²) in [5.74, 6) is 1.71. The van der Waals surface area contributed by atoms with E-state index in [0.717, 1.165) is 55.1 Å². The number of furan rings is 1. The van der Waals surface area contributed by atoms with Crippen molar-refractivity contribution in [2.75, 3.05) is 0 Å². The Morgan fingerprint density at radius 3 is 1.90 bits per heavy atom. The highest BCUT2D eigenvalue weighted by Crippen LogP contribution is 2.39. The average molecular weight is 644 g/mol. The fourth-order valence-corrected chi connectivity index (χ4v) is 6.89. The number of hydrogen-bond acceptors (Lipinski definition) is 6. The molecule has 0 unspecified atom stereocenters. The topological polar surface area (TPSA) is 86.2 Å². The number of benzene rings is 6. The van der Waals surface area contributed by atoms with E-state index in [9.17, 15) is 4.79 Å². The van der Waals surface area contributed by atoms with Gasteiger partial charge in [-0.1, -0.05) is 109 Å². The Bertz CT molecular complexity index is 2950. The van der Waals surface area contributed by atoms with Crippen LogP contribution in [-0.2, 0) is 0 Å². The first kappa shape index (κ1) is 28.1. The quantitative estimate of drug-likeness (QED) is 0.140. The van der Waals surface area contributed by atoms with E-state index in [4.69, 9.17) is 24.4 Å². The van der Waals surface area contributed by atoms with Crippen LogP contribution >= 0.6 is 0 Å². The monoisotopic (exact) mass is 643 g/mol. The van der Waals surface area contributed by atoms with Gasteiger partial charge < -0.3 is 4.42 Å². The molecule has 0 radical (unpaired) electrons. The summed E-state index contributed by atoms with van der Waals surface area (Å²) in [7, 11) is 0. The third kappa shape index (κ3) is 4.41. The fourth-order valence-electron chi connectivity index (χ4n) is 6.89. The van der Waals surface area contributed by atoms with Gasteiger partial charge in [0.1, 0.15) is 16.8 Å². The van der Waals surface area contributed by atoms with Crippen LogP contribution in [0.5, 0.6) is 0 Å². The number of fused-ring (bicyclic) bond motifs is 7. The average Bonchev–Trinajstić information content (AvgIpc) is 3.56. The second-order valence-electron chi connectivity index (χ2n) is 12.2. The molecule has 0 amide bonds. The molecule has 234 valence electrons. The number of hydrogen-bond donors (Lipinski definition) is 0. The van der Waals surface area contributed by atoms with E-state index < -0.39 is 0 Å². The third-order valence-corrected chi connectivity index (χ3v) is 9.24. The summed E-state index contributed by atoms with van der Waals surface area (Å²) in [6.45, 7) is 0. The molecule has 4 aromatic heterocycles. The van der Waals surface area contributed by atoms with Crippen LogP contribution < -0.4 is 5.56 Å². The van der Waals surface area contributed by atoms with E-state index >= 15 is 0 Å². The van der Waals surface area contributed by atoms with Crippen molar-refractivity contribution in [3.63, 3.8) is 0 Å². The van der Waals surface area contributed by atoms with Gasteiger partial charge in [0.15, 0.2) is 17.5 Å². The van der Waals surface area contributed by atoms with Crippen molar-refractivity contribution in [2.24, 2.45) is 0 Å². The number of nitrogens with zero attached hydrogens (tertiary/aromatic N) is 5. The lowest BCUT2D eigenvalue weighted by molar-refractivity contribution is 0.669. The van der Waals surface area contributed by atoms with Crippen molar-refractivity contribution < 1.29 is 4.42 Å². The Hall–Kier alpha value is -6.99. The zero-order valence-corrected chi connectivity index (χ0v) is 26.5. The van der Waals surface area contributed by atoms with Gasteiger partial charge in [0, 0.05) is 32.8 Å². The smallest absolute Gasteiger partial charge is 0.266 e. The molecule has 0 aliphatic rings. The second kappa shape index (κ2) is 11.0. The predicted octanol–water partition coefficient (Wildman–Crippen LogP) is 9.75. The number of aromatic nitrogens is 5. The summed E-state index contributed by atoms with van der Waals surface area (Å²) >= 11 is 0. The van der Waals surface area contributed by atoms with Crippen LogP contribution in [0.1, 0.15) is 0 Å². The van der Waals surface area contributed by atoms with Crippen LogP contribution in [0.3, 0.4) is 0 Å². The normalized spacial score (nSPS) is 11.7. The summed E-state index contributed by atoms with van der Waals surface area (Å²) in [5.41, 5.74) is 6.83. The van der Waals surface area contributed by atoms with E-state index in [1.54, 1.807) is 4.40 Å². The number of pyridine rings is 1. The van der Waals surface area contributed by atoms with E-state index in [0.29, 0.717) is 39.6 Å². The first-order valence-corrected chi connectivity index (χ1v) is 16.4. The lowest BCUT2D eigenvalue weighted by atomic mass is 10.0. The Balaban J connectivity index is 1.25. The molecular weight excluding hydrogens is 619 g/mol. The highest BCUT2D eigenvalue weighted by molar-refractivity contribution is 6.13. The Labute approximate surface area is 284 Å². The van der Waals surface area contributed by atoms with Gasteiger partial charge in [-0.15, -0.1) is 0 Å². The Morgan fingerprint density at radius 2 is 1.14 bits per heavy atom. The van der Waals surface area contributed by atoms with Crippen LogP contribution in [0.2, 0.25) is 0 Å². The molecule has 4 heterocycles. The molecule has 0 N–H and O–H groups in total. The lowest BCUT2D eigenvalue weighted by Crippen LogP contribution is -2.17. The largest absolute Gasteiger partial charge is 0.456 e. The van der Waals surface area contributed by atoms with Crippen LogP contribution in [0.4, 0.5) is 0 Å². The zero-order valence-electron chi connectivity index (χ0n) is 26.5. The molecule has 7 nitrogen and oxygen atoms in total. The van der Waals surface area contributed by atoms with Gasteiger partial charge in [-0.2, -0.15) is 0 Å².